The first kappa shape index (κ1) is 19.1. The topological polar surface area (TPSA) is 46.6 Å². The molecule has 5 heteroatoms. The second-order valence-electron chi connectivity index (χ2n) is 7.71. The highest BCUT2D eigenvalue weighted by molar-refractivity contribution is 6.74. The number of β-lactam (4-membered cyclic amide) rings is 1. The van der Waals surface area contributed by atoms with Crippen molar-refractivity contribution in [2.24, 2.45) is 5.92 Å². The van der Waals surface area contributed by atoms with Gasteiger partial charge in [-0.2, -0.15) is 0 Å². The quantitative estimate of drug-likeness (QED) is 0.310. The Bertz CT molecular complexity index is 440. The normalized spacial score (nSPS) is 20.5. The highest BCUT2D eigenvalue weighted by Gasteiger charge is 2.47. The summed E-state index contributed by atoms with van der Waals surface area (Å²) in [4.78, 5) is 25.6. The molecule has 1 heterocycles. The number of hydrogen-bond donors (Lipinski definition) is 0. The standard InChI is InChI=1S/C17H31NO3Si/c1-8-9-10-11-15(19)18-12-14(16(18)20)13(2)21-22(6,7)17(3,4)5/h8,13-14H,1,9-12H2,2-7H3/t13-,14+/m1/s1. The molecule has 0 spiro atoms. The van der Waals surface area contributed by atoms with Gasteiger partial charge in [-0.1, -0.05) is 26.8 Å². The summed E-state index contributed by atoms with van der Waals surface area (Å²) < 4.78 is 6.27. The fourth-order valence-corrected chi connectivity index (χ4v) is 3.73. The Balaban J connectivity index is 2.52. The molecular weight excluding hydrogens is 294 g/mol. The summed E-state index contributed by atoms with van der Waals surface area (Å²) in [6.07, 6.45) is 3.66. The minimum absolute atomic E-state index is 0.0670. The molecule has 0 bridgehead atoms. The van der Waals surface area contributed by atoms with Crippen LogP contribution in [0, 0.1) is 5.92 Å². The van der Waals surface area contributed by atoms with E-state index >= 15 is 0 Å². The molecule has 2 amide bonds. The molecule has 1 rings (SSSR count). The Kier molecular flexibility index (Phi) is 6.16. The van der Waals surface area contributed by atoms with E-state index in [4.69, 9.17) is 4.43 Å². The van der Waals surface area contributed by atoms with Gasteiger partial charge in [0.2, 0.25) is 11.8 Å². The van der Waals surface area contributed by atoms with E-state index < -0.39 is 8.32 Å². The monoisotopic (exact) mass is 325 g/mol. The molecule has 1 fully saturated rings. The van der Waals surface area contributed by atoms with E-state index in [2.05, 4.69) is 40.4 Å². The minimum atomic E-state index is -1.88. The predicted octanol–water partition coefficient (Wildman–Crippen LogP) is 3.74. The van der Waals surface area contributed by atoms with Crippen molar-refractivity contribution in [2.45, 2.75) is 71.2 Å². The van der Waals surface area contributed by atoms with Crippen LogP contribution in [0.5, 0.6) is 0 Å². The van der Waals surface area contributed by atoms with E-state index in [-0.39, 0.29) is 28.9 Å². The van der Waals surface area contributed by atoms with Crippen LogP contribution >= 0.6 is 0 Å². The van der Waals surface area contributed by atoms with E-state index in [1.807, 2.05) is 6.92 Å². The molecule has 126 valence electrons. The lowest BCUT2D eigenvalue weighted by Gasteiger charge is -2.45. The number of carbonyl (C=O) groups excluding carboxylic acids is 2. The third-order valence-electron chi connectivity index (χ3n) is 4.92. The lowest BCUT2D eigenvalue weighted by molar-refractivity contribution is -0.162. The fraction of sp³-hybridized carbons (Fsp3) is 0.765. The van der Waals surface area contributed by atoms with E-state index in [1.54, 1.807) is 6.08 Å². The van der Waals surface area contributed by atoms with Crippen LogP contribution in [0.25, 0.3) is 0 Å². The van der Waals surface area contributed by atoms with Crippen LogP contribution in [-0.4, -0.2) is 37.7 Å². The third kappa shape index (κ3) is 4.29. The van der Waals surface area contributed by atoms with Crippen LogP contribution in [0.4, 0.5) is 0 Å². The van der Waals surface area contributed by atoms with Gasteiger partial charge in [0.25, 0.3) is 0 Å². The summed E-state index contributed by atoms with van der Waals surface area (Å²) >= 11 is 0. The summed E-state index contributed by atoms with van der Waals surface area (Å²) in [5, 5.41) is 0.119. The highest BCUT2D eigenvalue weighted by Crippen LogP contribution is 2.39. The molecule has 1 aliphatic rings. The van der Waals surface area contributed by atoms with Crippen LogP contribution in [0.15, 0.2) is 12.7 Å². The second-order valence-corrected chi connectivity index (χ2v) is 12.5. The molecule has 0 radical (unpaired) electrons. The Morgan fingerprint density at radius 3 is 2.55 bits per heavy atom. The van der Waals surface area contributed by atoms with Gasteiger partial charge in [-0.3, -0.25) is 14.5 Å². The van der Waals surface area contributed by atoms with Crippen LogP contribution in [-0.2, 0) is 14.0 Å². The summed E-state index contributed by atoms with van der Waals surface area (Å²) in [6, 6.07) is 0. The number of hydrogen-bond acceptors (Lipinski definition) is 3. The Hall–Kier alpha value is -0.943. The lowest BCUT2D eigenvalue weighted by Crippen LogP contribution is -2.60. The molecule has 22 heavy (non-hydrogen) atoms. The number of carbonyl (C=O) groups is 2. The molecule has 0 aromatic rings. The van der Waals surface area contributed by atoms with Gasteiger partial charge < -0.3 is 4.43 Å². The van der Waals surface area contributed by atoms with Crippen molar-refractivity contribution >= 4 is 20.1 Å². The molecule has 2 atom stereocenters. The molecule has 0 unspecified atom stereocenters. The van der Waals surface area contributed by atoms with Gasteiger partial charge in [0.15, 0.2) is 8.32 Å². The zero-order valence-electron chi connectivity index (χ0n) is 14.9. The Morgan fingerprint density at radius 2 is 2.09 bits per heavy atom. The van der Waals surface area contributed by atoms with Gasteiger partial charge in [-0.25, -0.2) is 0 Å². The molecule has 4 nitrogen and oxygen atoms in total. The summed E-state index contributed by atoms with van der Waals surface area (Å²) in [5.74, 6) is -0.310. The average Bonchev–Trinajstić information content (AvgIpc) is 2.35. The summed E-state index contributed by atoms with van der Waals surface area (Å²) in [5.41, 5.74) is 0. The highest BCUT2D eigenvalue weighted by atomic mass is 28.4. The fourth-order valence-electron chi connectivity index (χ4n) is 2.28. The summed E-state index contributed by atoms with van der Waals surface area (Å²) in [6.45, 7) is 17.0. The Labute approximate surface area is 136 Å². The van der Waals surface area contributed by atoms with E-state index in [0.717, 1.165) is 12.8 Å². The van der Waals surface area contributed by atoms with Gasteiger partial charge in [-0.05, 0) is 37.9 Å². The number of rotatable bonds is 7. The van der Waals surface area contributed by atoms with E-state index in [9.17, 15) is 9.59 Å². The number of unbranched alkanes of at least 4 members (excludes halogenated alkanes) is 1. The summed E-state index contributed by atoms with van der Waals surface area (Å²) in [7, 11) is -1.88. The van der Waals surface area contributed by atoms with Gasteiger partial charge in [0.05, 0.1) is 12.0 Å². The van der Waals surface area contributed by atoms with Crippen molar-refractivity contribution in [3.63, 3.8) is 0 Å². The second kappa shape index (κ2) is 7.09. The predicted molar refractivity (Wildman–Crippen MR) is 92.0 cm³/mol. The SMILES string of the molecule is C=CCCCC(=O)N1C[C@@H]([C@@H](C)O[Si](C)(C)C(C)(C)C)C1=O. The van der Waals surface area contributed by atoms with E-state index in [1.165, 1.54) is 4.90 Å². The number of imide groups is 1. The van der Waals surface area contributed by atoms with Crippen molar-refractivity contribution in [3.8, 4) is 0 Å². The maximum Gasteiger partial charge on any atom is 0.236 e. The van der Waals surface area contributed by atoms with Crippen LogP contribution < -0.4 is 0 Å². The molecule has 0 saturated carbocycles. The molecule has 0 N–H and O–H groups in total. The molecule has 1 aliphatic heterocycles. The number of allylic oxidation sites excluding steroid dienone is 1. The molecule has 1 saturated heterocycles. The van der Waals surface area contributed by atoms with Crippen LogP contribution in [0.3, 0.4) is 0 Å². The van der Waals surface area contributed by atoms with Crippen molar-refractivity contribution in [1.82, 2.24) is 4.90 Å². The average molecular weight is 326 g/mol. The Morgan fingerprint density at radius 1 is 1.50 bits per heavy atom. The van der Waals surface area contributed by atoms with Crippen molar-refractivity contribution in [1.29, 1.82) is 0 Å². The minimum Gasteiger partial charge on any atom is -0.413 e. The third-order valence-corrected chi connectivity index (χ3v) is 9.49. The number of nitrogens with zero attached hydrogens (tertiary/aromatic N) is 1. The van der Waals surface area contributed by atoms with Gasteiger partial charge >= 0.3 is 0 Å². The zero-order valence-corrected chi connectivity index (χ0v) is 15.9. The first-order valence-electron chi connectivity index (χ1n) is 8.14. The van der Waals surface area contributed by atoms with Crippen molar-refractivity contribution in [2.75, 3.05) is 6.54 Å². The van der Waals surface area contributed by atoms with Crippen molar-refractivity contribution < 1.29 is 14.0 Å². The molecule has 0 aromatic carbocycles. The number of amides is 2. The van der Waals surface area contributed by atoms with E-state index in [0.29, 0.717) is 13.0 Å². The maximum atomic E-state index is 12.2. The van der Waals surface area contributed by atoms with Crippen LogP contribution in [0.2, 0.25) is 18.1 Å². The first-order valence-corrected chi connectivity index (χ1v) is 11.0. The lowest BCUT2D eigenvalue weighted by atomic mass is 9.93. The van der Waals surface area contributed by atoms with Crippen LogP contribution in [0.1, 0.15) is 47.0 Å². The van der Waals surface area contributed by atoms with Crippen molar-refractivity contribution in [3.05, 3.63) is 12.7 Å². The largest absolute Gasteiger partial charge is 0.413 e. The molecule has 0 aliphatic carbocycles. The van der Waals surface area contributed by atoms with Gasteiger partial charge in [-0.15, -0.1) is 6.58 Å². The smallest absolute Gasteiger partial charge is 0.236 e. The number of likely N-dealkylation sites (tertiary alicyclic amines) is 1. The molecular formula is C17H31NO3Si. The van der Waals surface area contributed by atoms with Gasteiger partial charge in [0.1, 0.15) is 0 Å². The maximum absolute atomic E-state index is 12.2. The first-order chi connectivity index (χ1) is 10.0. The zero-order chi connectivity index (χ0) is 17.1. The van der Waals surface area contributed by atoms with Gasteiger partial charge in [0, 0.05) is 13.0 Å². The molecule has 0 aromatic heterocycles.